The Morgan fingerprint density at radius 2 is 2.00 bits per heavy atom. The summed E-state index contributed by atoms with van der Waals surface area (Å²) in [7, 11) is 3.74. The number of benzene rings is 1. The Balaban J connectivity index is 1.93. The van der Waals surface area contributed by atoms with Crippen molar-refractivity contribution in [2.75, 3.05) is 6.26 Å². The summed E-state index contributed by atoms with van der Waals surface area (Å²) in [4.78, 5) is 5.90. The highest BCUT2D eigenvalue weighted by Gasteiger charge is 2.20. The first-order valence-corrected chi connectivity index (χ1v) is 9.26. The summed E-state index contributed by atoms with van der Waals surface area (Å²) in [6.07, 6.45) is 5.70. The van der Waals surface area contributed by atoms with E-state index in [1.54, 1.807) is 27.3 Å². The SMILES string of the molecule is CSc1cccc(-n2nc(-c3cnn(C)c3)nc2-c2nnn(C)c2C)c1. The van der Waals surface area contributed by atoms with Crippen molar-refractivity contribution < 1.29 is 0 Å². The van der Waals surface area contributed by atoms with Crippen molar-refractivity contribution >= 4 is 11.8 Å². The molecular formula is C17H18N8S. The van der Waals surface area contributed by atoms with Crippen molar-refractivity contribution in [1.82, 2.24) is 39.5 Å². The van der Waals surface area contributed by atoms with Crippen molar-refractivity contribution in [1.29, 1.82) is 0 Å². The van der Waals surface area contributed by atoms with E-state index in [0.29, 0.717) is 17.3 Å². The van der Waals surface area contributed by atoms with Crippen LogP contribution in [0, 0.1) is 6.92 Å². The molecule has 1 aromatic carbocycles. The molecule has 0 saturated carbocycles. The van der Waals surface area contributed by atoms with Crippen molar-refractivity contribution in [3.63, 3.8) is 0 Å². The maximum Gasteiger partial charge on any atom is 0.186 e. The molecule has 8 nitrogen and oxygen atoms in total. The van der Waals surface area contributed by atoms with E-state index in [2.05, 4.69) is 33.8 Å². The molecule has 0 saturated heterocycles. The second-order valence-corrected chi connectivity index (χ2v) is 6.80. The Bertz CT molecular complexity index is 1070. The van der Waals surface area contributed by atoms with Gasteiger partial charge in [0.05, 0.1) is 23.1 Å². The summed E-state index contributed by atoms with van der Waals surface area (Å²) in [5.74, 6) is 1.26. The standard InChI is InChI=1S/C17H18N8S/c1-11-15(20-22-24(11)3)17-19-16(12-9-18-23(2)10-12)21-25(17)13-6-5-7-14(8-13)26-4/h5-10H,1-4H3. The topological polar surface area (TPSA) is 79.2 Å². The van der Waals surface area contributed by atoms with Crippen molar-refractivity contribution in [2.24, 2.45) is 14.1 Å². The maximum absolute atomic E-state index is 4.75. The number of rotatable bonds is 4. The Hall–Kier alpha value is -2.94. The number of thioether (sulfide) groups is 1. The third kappa shape index (κ3) is 2.80. The summed E-state index contributed by atoms with van der Waals surface area (Å²) in [6.45, 7) is 1.97. The molecule has 0 aliphatic rings. The van der Waals surface area contributed by atoms with Crippen LogP contribution < -0.4 is 0 Å². The zero-order chi connectivity index (χ0) is 18.3. The van der Waals surface area contributed by atoms with E-state index in [9.17, 15) is 0 Å². The predicted octanol–water partition coefficient (Wildman–Crippen LogP) is 2.49. The van der Waals surface area contributed by atoms with Crippen LogP contribution in [0.5, 0.6) is 0 Å². The van der Waals surface area contributed by atoms with Crippen LogP contribution in [0.2, 0.25) is 0 Å². The van der Waals surface area contributed by atoms with Crippen LogP contribution in [0.3, 0.4) is 0 Å². The molecule has 0 N–H and O–H groups in total. The van der Waals surface area contributed by atoms with Gasteiger partial charge in [-0.25, -0.2) is 9.67 Å². The van der Waals surface area contributed by atoms with Gasteiger partial charge >= 0.3 is 0 Å². The molecule has 0 radical (unpaired) electrons. The van der Waals surface area contributed by atoms with E-state index in [1.807, 2.05) is 44.0 Å². The first kappa shape index (κ1) is 16.5. The molecular weight excluding hydrogens is 348 g/mol. The van der Waals surface area contributed by atoms with Gasteiger partial charge in [0, 0.05) is 25.2 Å². The number of aryl methyl sites for hydroxylation is 2. The Morgan fingerprint density at radius 3 is 2.65 bits per heavy atom. The third-order valence-electron chi connectivity index (χ3n) is 4.19. The predicted molar refractivity (Wildman–Crippen MR) is 100 cm³/mol. The van der Waals surface area contributed by atoms with Crippen LogP contribution in [0.1, 0.15) is 5.69 Å². The van der Waals surface area contributed by atoms with Gasteiger partial charge in [-0.3, -0.25) is 9.36 Å². The minimum Gasteiger partial charge on any atom is -0.275 e. The first-order chi connectivity index (χ1) is 12.6. The normalized spacial score (nSPS) is 11.2. The fraction of sp³-hybridized carbons (Fsp3) is 0.235. The molecule has 4 aromatic rings. The lowest BCUT2D eigenvalue weighted by molar-refractivity contribution is 0.696. The minimum atomic E-state index is 0.604. The molecule has 4 rings (SSSR count). The van der Waals surface area contributed by atoms with E-state index in [0.717, 1.165) is 21.8 Å². The molecule has 0 aliphatic carbocycles. The van der Waals surface area contributed by atoms with E-state index < -0.39 is 0 Å². The van der Waals surface area contributed by atoms with Crippen LogP contribution in [-0.2, 0) is 14.1 Å². The highest BCUT2D eigenvalue weighted by molar-refractivity contribution is 7.98. The van der Waals surface area contributed by atoms with E-state index in [4.69, 9.17) is 10.1 Å². The third-order valence-corrected chi connectivity index (χ3v) is 4.91. The van der Waals surface area contributed by atoms with Gasteiger partial charge in [0.15, 0.2) is 17.3 Å². The second-order valence-electron chi connectivity index (χ2n) is 5.92. The van der Waals surface area contributed by atoms with Gasteiger partial charge in [0.2, 0.25) is 0 Å². The maximum atomic E-state index is 4.75. The van der Waals surface area contributed by atoms with E-state index in [1.165, 1.54) is 0 Å². The lowest BCUT2D eigenvalue weighted by Gasteiger charge is -2.06. The van der Waals surface area contributed by atoms with E-state index >= 15 is 0 Å². The van der Waals surface area contributed by atoms with Gasteiger partial charge in [0.25, 0.3) is 0 Å². The molecule has 0 aliphatic heterocycles. The van der Waals surface area contributed by atoms with Crippen LogP contribution in [0.15, 0.2) is 41.6 Å². The zero-order valence-electron chi connectivity index (χ0n) is 15.0. The monoisotopic (exact) mass is 366 g/mol. The van der Waals surface area contributed by atoms with Crippen LogP contribution in [0.4, 0.5) is 0 Å². The van der Waals surface area contributed by atoms with Crippen molar-refractivity contribution in [3.8, 4) is 28.6 Å². The van der Waals surface area contributed by atoms with Crippen LogP contribution in [0.25, 0.3) is 28.6 Å². The van der Waals surface area contributed by atoms with Gasteiger partial charge in [-0.05, 0) is 31.4 Å². The molecule has 26 heavy (non-hydrogen) atoms. The average molecular weight is 366 g/mol. The zero-order valence-corrected chi connectivity index (χ0v) is 15.8. The molecule has 0 spiro atoms. The van der Waals surface area contributed by atoms with Gasteiger partial charge in [-0.1, -0.05) is 11.3 Å². The first-order valence-electron chi connectivity index (χ1n) is 8.04. The summed E-state index contributed by atoms with van der Waals surface area (Å²) in [5, 5.41) is 17.4. The van der Waals surface area contributed by atoms with Crippen molar-refractivity contribution in [3.05, 3.63) is 42.4 Å². The lowest BCUT2D eigenvalue weighted by atomic mass is 10.3. The minimum absolute atomic E-state index is 0.604. The number of hydrogen-bond acceptors (Lipinski definition) is 6. The largest absolute Gasteiger partial charge is 0.275 e. The smallest absolute Gasteiger partial charge is 0.186 e. The van der Waals surface area contributed by atoms with E-state index in [-0.39, 0.29) is 0 Å². The molecule has 132 valence electrons. The molecule has 3 aromatic heterocycles. The molecule has 0 bridgehead atoms. The summed E-state index contributed by atoms with van der Waals surface area (Å²) in [5.41, 5.74) is 3.43. The highest BCUT2D eigenvalue weighted by atomic mass is 32.2. The molecule has 0 unspecified atom stereocenters. The summed E-state index contributed by atoms with van der Waals surface area (Å²) >= 11 is 1.69. The number of hydrogen-bond donors (Lipinski definition) is 0. The molecule has 0 fully saturated rings. The number of aromatic nitrogens is 8. The lowest BCUT2D eigenvalue weighted by Crippen LogP contribution is -2.01. The number of nitrogens with zero attached hydrogens (tertiary/aromatic N) is 8. The molecule has 0 atom stereocenters. The second kappa shape index (κ2) is 6.41. The summed E-state index contributed by atoms with van der Waals surface area (Å²) < 4.78 is 5.28. The van der Waals surface area contributed by atoms with Crippen LogP contribution >= 0.6 is 11.8 Å². The molecule has 0 amide bonds. The quantitative estimate of drug-likeness (QED) is 0.516. The van der Waals surface area contributed by atoms with Gasteiger partial charge in [-0.2, -0.15) is 5.10 Å². The van der Waals surface area contributed by atoms with Gasteiger partial charge < -0.3 is 0 Å². The molecule has 9 heteroatoms. The Morgan fingerprint density at radius 1 is 1.15 bits per heavy atom. The fourth-order valence-electron chi connectivity index (χ4n) is 2.66. The van der Waals surface area contributed by atoms with Gasteiger partial charge in [-0.15, -0.1) is 22.0 Å². The fourth-order valence-corrected chi connectivity index (χ4v) is 3.11. The Labute approximate surface area is 154 Å². The van der Waals surface area contributed by atoms with Gasteiger partial charge in [0.1, 0.15) is 0 Å². The van der Waals surface area contributed by atoms with Crippen molar-refractivity contribution in [2.45, 2.75) is 11.8 Å². The highest BCUT2D eigenvalue weighted by Crippen LogP contribution is 2.27. The Kier molecular flexibility index (Phi) is 4.08. The van der Waals surface area contributed by atoms with Crippen LogP contribution in [-0.4, -0.2) is 45.8 Å². The molecule has 3 heterocycles. The average Bonchev–Trinajstić information content (AvgIpc) is 3.35. The summed E-state index contributed by atoms with van der Waals surface area (Å²) in [6, 6.07) is 8.18.